The van der Waals surface area contributed by atoms with Crippen LogP contribution < -0.4 is 0 Å². The molecule has 0 radical (unpaired) electrons. The lowest BCUT2D eigenvalue weighted by Crippen LogP contribution is -2.30. The van der Waals surface area contributed by atoms with Crippen LogP contribution in [-0.2, 0) is 20.9 Å². The molecule has 0 unspecified atom stereocenters. The topological polar surface area (TPSA) is 72.1 Å². The Hall–Kier alpha value is -2.35. The van der Waals surface area contributed by atoms with Crippen LogP contribution in [0.4, 0.5) is 0 Å². The van der Waals surface area contributed by atoms with Gasteiger partial charge in [-0.3, -0.25) is 4.79 Å². The van der Waals surface area contributed by atoms with Crippen LogP contribution in [0.15, 0.2) is 11.6 Å². The van der Waals surface area contributed by atoms with Crippen molar-refractivity contribution in [2.45, 2.75) is 65.5 Å². The third-order valence-corrected chi connectivity index (χ3v) is 4.45. The van der Waals surface area contributed by atoms with Crippen molar-refractivity contribution >= 4 is 17.8 Å². The number of carbonyl (C=O) groups is 2. The molecule has 1 aliphatic carbocycles. The Morgan fingerprint density at radius 2 is 2.21 bits per heavy atom. The van der Waals surface area contributed by atoms with Crippen molar-refractivity contribution < 1.29 is 14.3 Å². The van der Waals surface area contributed by atoms with Crippen molar-refractivity contribution in [2.75, 3.05) is 0 Å². The van der Waals surface area contributed by atoms with Gasteiger partial charge in [-0.25, -0.2) is 4.79 Å². The van der Waals surface area contributed by atoms with Gasteiger partial charge in [0, 0.05) is 24.4 Å². The van der Waals surface area contributed by atoms with Gasteiger partial charge < -0.3 is 9.30 Å². The summed E-state index contributed by atoms with van der Waals surface area (Å²) in [5.74, 6) is -0.758. The van der Waals surface area contributed by atoms with E-state index in [1.165, 1.54) is 0 Å². The van der Waals surface area contributed by atoms with Gasteiger partial charge in [-0.1, -0.05) is 6.92 Å². The average molecular weight is 328 g/mol. The number of ether oxygens (including phenoxy) is 1. The number of Topliss-reactive ketones (excluding diaryl/α,β-unsaturated/α-hetero) is 1. The molecular formula is C19H24N2O3. The van der Waals surface area contributed by atoms with Crippen molar-refractivity contribution in [2.24, 2.45) is 0 Å². The van der Waals surface area contributed by atoms with E-state index >= 15 is 0 Å². The number of carbonyl (C=O) groups excluding carboxylic acids is 2. The predicted octanol–water partition coefficient (Wildman–Crippen LogP) is 3.48. The maximum Gasteiger partial charge on any atom is 0.349 e. The predicted molar refractivity (Wildman–Crippen MR) is 91.1 cm³/mol. The van der Waals surface area contributed by atoms with E-state index in [2.05, 4.69) is 11.5 Å². The lowest BCUT2D eigenvalue weighted by Gasteiger charge is -2.20. The average Bonchev–Trinajstić information content (AvgIpc) is 2.82. The standard InChI is InChI=1S/C19H24N2O3/c1-4-9-21-13(2)10-15(14(21)3)11-16(12-20)19(23)24-18-8-6-5-7-17(18)22/h10-11,18H,4-9H2,1-3H3/b16-11+/t18-/m1/s1. The first kappa shape index (κ1) is 18.0. The minimum atomic E-state index is -0.710. The maximum atomic E-state index is 12.2. The van der Waals surface area contributed by atoms with E-state index in [0.717, 1.165) is 42.8 Å². The van der Waals surface area contributed by atoms with Crippen molar-refractivity contribution in [1.29, 1.82) is 5.26 Å². The summed E-state index contributed by atoms with van der Waals surface area (Å²) in [5.41, 5.74) is 2.88. The molecule has 0 spiro atoms. The van der Waals surface area contributed by atoms with E-state index in [0.29, 0.717) is 12.8 Å². The molecule has 0 amide bonds. The Kier molecular flexibility index (Phi) is 5.97. The molecule has 1 aromatic heterocycles. The first-order valence-corrected chi connectivity index (χ1v) is 8.50. The van der Waals surface area contributed by atoms with E-state index in [1.807, 2.05) is 26.0 Å². The van der Waals surface area contributed by atoms with Gasteiger partial charge in [-0.2, -0.15) is 5.26 Å². The normalized spacial score (nSPS) is 18.3. The summed E-state index contributed by atoms with van der Waals surface area (Å²) in [7, 11) is 0. The van der Waals surface area contributed by atoms with Crippen LogP contribution in [-0.4, -0.2) is 22.4 Å². The number of aryl methyl sites for hydroxylation is 1. The van der Waals surface area contributed by atoms with Gasteiger partial charge in [-0.05, 0) is 57.2 Å². The van der Waals surface area contributed by atoms with Crippen molar-refractivity contribution in [3.05, 3.63) is 28.6 Å². The Morgan fingerprint density at radius 1 is 1.46 bits per heavy atom. The zero-order valence-electron chi connectivity index (χ0n) is 14.6. The number of nitriles is 1. The molecule has 1 aliphatic rings. The number of ketones is 1. The van der Waals surface area contributed by atoms with Gasteiger partial charge in [0.15, 0.2) is 11.9 Å². The van der Waals surface area contributed by atoms with Crippen LogP contribution in [0.25, 0.3) is 6.08 Å². The molecule has 24 heavy (non-hydrogen) atoms. The summed E-state index contributed by atoms with van der Waals surface area (Å²) < 4.78 is 7.43. The summed E-state index contributed by atoms with van der Waals surface area (Å²) >= 11 is 0. The molecule has 1 aromatic rings. The smallest absolute Gasteiger partial charge is 0.349 e. The fourth-order valence-corrected chi connectivity index (χ4v) is 3.10. The highest BCUT2D eigenvalue weighted by Crippen LogP contribution is 2.21. The third-order valence-electron chi connectivity index (χ3n) is 4.45. The Labute approximate surface area is 142 Å². The second-order valence-electron chi connectivity index (χ2n) is 6.25. The summed E-state index contributed by atoms with van der Waals surface area (Å²) in [5, 5.41) is 9.31. The van der Waals surface area contributed by atoms with E-state index in [1.54, 1.807) is 6.08 Å². The number of hydrogen-bond acceptors (Lipinski definition) is 4. The molecule has 0 aromatic carbocycles. The molecule has 128 valence electrons. The molecule has 0 bridgehead atoms. The van der Waals surface area contributed by atoms with E-state index in [9.17, 15) is 14.9 Å². The Bertz CT molecular complexity index is 707. The number of nitrogens with zero attached hydrogens (tertiary/aromatic N) is 2. The summed E-state index contributed by atoms with van der Waals surface area (Å²) in [4.78, 5) is 24.0. The highest BCUT2D eigenvalue weighted by atomic mass is 16.5. The first-order valence-electron chi connectivity index (χ1n) is 8.50. The van der Waals surface area contributed by atoms with Gasteiger partial charge in [0.05, 0.1) is 0 Å². The van der Waals surface area contributed by atoms with Crippen LogP contribution >= 0.6 is 0 Å². The number of aromatic nitrogens is 1. The summed E-state index contributed by atoms with van der Waals surface area (Å²) in [6, 6.07) is 3.87. The molecule has 1 atom stereocenters. The van der Waals surface area contributed by atoms with Crippen LogP contribution in [0, 0.1) is 25.2 Å². The van der Waals surface area contributed by atoms with E-state index < -0.39 is 12.1 Å². The monoisotopic (exact) mass is 328 g/mol. The Morgan fingerprint density at radius 3 is 2.83 bits per heavy atom. The largest absolute Gasteiger partial charge is 0.450 e. The molecule has 5 heteroatoms. The molecule has 1 fully saturated rings. The lowest BCUT2D eigenvalue weighted by molar-refractivity contribution is -0.152. The molecule has 0 aliphatic heterocycles. The minimum absolute atomic E-state index is 0.0481. The van der Waals surface area contributed by atoms with Gasteiger partial charge >= 0.3 is 5.97 Å². The zero-order chi connectivity index (χ0) is 17.7. The SMILES string of the molecule is CCCn1c(C)cc(/C=C(\C#N)C(=O)O[C@@H]2CCCCC2=O)c1C. The maximum absolute atomic E-state index is 12.2. The van der Waals surface area contributed by atoms with Gasteiger partial charge in [0.25, 0.3) is 0 Å². The molecule has 0 saturated heterocycles. The molecule has 0 N–H and O–H groups in total. The molecule has 5 nitrogen and oxygen atoms in total. The molecule has 1 heterocycles. The summed E-state index contributed by atoms with van der Waals surface area (Å²) in [6.45, 7) is 6.98. The van der Waals surface area contributed by atoms with Gasteiger partial charge in [-0.15, -0.1) is 0 Å². The van der Waals surface area contributed by atoms with Crippen molar-refractivity contribution in [1.82, 2.24) is 4.57 Å². The molecule has 1 saturated carbocycles. The van der Waals surface area contributed by atoms with E-state index in [-0.39, 0.29) is 11.4 Å². The van der Waals surface area contributed by atoms with Crippen LogP contribution in [0.5, 0.6) is 0 Å². The molecular weight excluding hydrogens is 304 g/mol. The van der Waals surface area contributed by atoms with Crippen LogP contribution in [0.1, 0.15) is 56.0 Å². The zero-order valence-corrected chi connectivity index (χ0v) is 14.6. The van der Waals surface area contributed by atoms with Crippen molar-refractivity contribution in [3.8, 4) is 6.07 Å². The number of hydrogen-bond donors (Lipinski definition) is 0. The highest BCUT2D eigenvalue weighted by Gasteiger charge is 2.27. The minimum Gasteiger partial charge on any atom is -0.450 e. The first-order chi connectivity index (χ1) is 11.5. The quantitative estimate of drug-likeness (QED) is 0.471. The Balaban J connectivity index is 2.20. The van der Waals surface area contributed by atoms with Crippen molar-refractivity contribution in [3.63, 3.8) is 0 Å². The van der Waals surface area contributed by atoms with E-state index in [4.69, 9.17) is 4.74 Å². The molecule has 2 rings (SSSR count). The summed E-state index contributed by atoms with van der Waals surface area (Å²) in [6.07, 6.45) is 4.58. The highest BCUT2D eigenvalue weighted by molar-refractivity contribution is 5.99. The van der Waals surface area contributed by atoms with Crippen LogP contribution in [0.3, 0.4) is 0 Å². The van der Waals surface area contributed by atoms with Gasteiger partial charge in [0.2, 0.25) is 0 Å². The second kappa shape index (κ2) is 7.96. The number of rotatable bonds is 5. The number of esters is 1. The fraction of sp³-hybridized carbons (Fsp3) is 0.526. The third kappa shape index (κ3) is 3.94. The lowest BCUT2D eigenvalue weighted by atomic mass is 9.96. The van der Waals surface area contributed by atoms with Gasteiger partial charge in [0.1, 0.15) is 11.6 Å². The second-order valence-corrected chi connectivity index (χ2v) is 6.25. The van der Waals surface area contributed by atoms with Crippen LogP contribution in [0.2, 0.25) is 0 Å². The fourth-order valence-electron chi connectivity index (χ4n) is 3.10.